The van der Waals surface area contributed by atoms with Gasteiger partial charge in [0.2, 0.25) is 0 Å². The highest BCUT2D eigenvalue weighted by molar-refractivity contribution is 5.71. The minimum atomic E-state index is -1.50. The molecule has 0 heterocycles. The molecule has 0 aromatic carbocycles. The van der Waals surface area contributed by atoms with Gasteiger partial charge in [0.05, 0.1) is 34.4 Å². The van der Waals surface area contributed by atoms with Gasteiger partial charge >= 0.3 is 17.9 Å². The Labute approximate surface area is 473 Å². The fourth-order valence-corrected chi connectivity index (χ4v) is 10.4. The lowest BCUT2D eigenvalue weighted by atomic mass is 10.0. The van der Waals surface area contributed by atoms with E-state index in [4.69, 9.17) is 18.9 Å². The van der Waals surface area contributed by atoms with Crippen LogP contribution in [0.2, 0.25) is 0 Å². The Morgan fingerprint density at radius 1 is 0.342 bits per heavy atom. The molecule has 452 valence electrons. The van der Waals surface area contributed by atoms with Gasteiger partial charge in [0, 0.05) is 12.8 Å². The van der Waals surface area contributed by atoms with E-state index in [1.807, 2.05) is 21.1 Å². The maximum atomic E-state index is 12.9. The molecule has 2 unspecified atom stereocenters. The highest BCUT2D eigenvalue weighted by Gasteiger charge is 2.25. The van der Waals surface area contributed by atoms with Crippen molar-refractivity contribution in [1.82, 2.24) is 0 Å². The number of esters is 2. The number of unbranched alkanes of at least 4 members (excludes halogenated alkanes) is 49. The Morgan fingerprint density at radius 2 is 0.592 bits per heavy atom. The third kappa shape index (κ3) is 59.9. The summed E-state index contributed by atoms with van der Waals surface area (Å²) in [5.41, 5.74) is 0. The van der Waals surface area contributed by atoms with Crippen LogP contribution in [0.15, 0.2) is 0 Å². The van der Waals surface area contributed by atoms with E-state index < -0.39 is 18.4 Å². The number of carboxylic acid groups (broad SMARTS) is 1. The first kappa shape index (κ1) is 74.3. The van der Waals surface area contributed by atoms with Crippen LogP contribution in [0, 0.1) is 0 Å². The van der Waals surface area contributed by atoms with Crippen molar-refractivity contribution in [3.8, 4) is 0 Å². The lowest BCUT2D eigenvalue weighted by molar-refractivity contribution is -0.870. The normalized spacial score (nSPS) is 12.6. The molecule has 76 heavy (non-hydrogen) atoms. The minimum Gasteiger partial charge on any atom is -0.477 e. The lowest BCUT2D eigenvalue weighted by Gasteiger charge is -2.25. The zero-order valence-electron chi connectivity index (χ0n) is 51.7. The quantitative estimate of drug-likeness (QED) is 0.0278. The monoisotopic (exact) mass is 1080 g/mol. The van der Waals surface area contributed by atoms with E-state index in [-0.39, 0.29) is 38.2 Å². The first-order valence-corrected chi connectivity index (χ1v) is 33.7. The molecule has 0 aromatic rings. The maximum Gasteiger partial charge on any atom is 0.361 e. The average Bonchev–Trinajstić information content (AvgIpc) is 3.39. The minimum absolute atomic E-state index is 0.172. The average molecular weight is 1080 g/mol. The number of quaternary nitrogens is 1. The number of aliphatic carboxylic acids is 1. The Balaban J connectivity index is 3.91. The van der Waals surface area contributed by atoms with Crippen molar-refractivity contribution in [2.24, 2.45) is 0 Å². The summed E-state index contributed by atoms with van der Waals surface area (Å²) in [6.07, 6.45) is 66.6. The number of ether oxygens (including phenoxy) is 4. The predicted molar refractivity (Wildman–Crippen MR) is 323 cm³/mol. The molecule has 2 atom stereocenters. The van der Waals surface area contributed by atoms with Crippen LogP contribution in [0.25, 0.3) is 0 Å². The number of nitrogens with zero attached hydrogens (tertiary/aromatic N) is 1. The van der Waals surface area contributed by atoms with Gasteiger partial charge in [-0.2, -0.15) is 0 Å². The van der Waals surface area contributed by atoms with Crippen LogP contribution in [0.5, 0.6) is 0 Å². The van der Waals surface area contributed by atoms with Crippen molar-refractivity contribution in [2.75, 3.05) is 47.5 Å². The van der Waals surface area contributed by atoms with Crippen molar-refractivity contribution in [1.29, 1.82) is 0 Å². The van der Waals surface area contributed by atoms with Crippen LogP contribution in [0.1, 0.15) is 354 Å². The smallest absolute Gasteiger partial charge is 0.361 e. The highest BCUT2D eigenvalue weighted by atomic mass is 16.7. The first-order chi connectivity index (χ1) is 37.1. The molecule has 0 aliphatic rings. The molecule has 0 rings (SSSR count). The topological polar surface area (TPSA) is 108 Å². The Morgan fingerprint density at radius 3 is 0.842 bits per heavy atom. The molecule has 0 spiro atoms. The van der Waals surface area contributed by atoms with Crippen LogP contribution >= 0.6 is 0 Å². The molecule has 0 aromatic heterocycles. The van der Waals surface area contributed by atoms with Crippen molar-refractivity contribution < 1.29 is 42.9 Å². The van der Waals surface area contributed by atoms with E-state index in [1.54, 1.807) is 0 Å². The van der Waals surface area contributed by atoms with E-state index in [9.17, 15) is 19.5 Å². The number of hydrogen-bond acceptors (Lipinski definition) is 7. The second-order valence-electron chi connectivity index (χ2n) is 24.5. The Bertz CT molecular complexity index is 1210. The number of carboxylic acids is 1. The summed E-state index contributed by atoms with van der Waals surface area (Å²) in [6, 6.07) is 0. The summed E-state index contributed by atoms with van der Waals surface area (Å²) in [5, 5.41) is 9.71. The molecule has 0 bridgehead atoms. The van der Waals surface area contributed by atoms with Crippen LogP contribution in [-0.4, -0.2) is 87.4 Å². The van der Waals surface area contributed by atoms with E-state index in [0.29, 0.717) is 17.4 Å². The summed E-state index contributed by atoms with van der Waals surface area (Å²) in [5.74, 6) is -1.97. The van der Waals surface area contributed by atoms with E-state index in [0.717, 1.165) is 38.5 Å². The van der Waals surface area contributed by atoms with Crippen molar-refractivity contribution >= 4 is 17.9 Å². The van der Waals surface area contributed by atoms with Crippen molar-refractivity contribution in [2.45, 2.75) is 367 Å². The number of likely N-dealkylation sites (N-methyl/N-ethyl adjacent to an activating group) is 1. The van der Waals surface area contributed by atoms with Gasteiger partial charge < -0.3 is 28.5 Å². The lowest BCUT2D eigenvalue weighted by Crippen LogP contribution is -2.40. The van der Waals surface area contributed by atoms with Gasteiger partial charge in [-0.1, -0.05) is 328 Å². The molecule has 0 fully saturated rings. The SMILES string of the molecule is CCCCCCCCCCCCCCCCCCCCCCCCCCCCCCCCCCCCCCCC(=O)OC(COC(=O)CCCCCCCCCCCCCCCC)COC(OCC[N+](C)(C)C)C(=O)O. The molecule has 9 nitrogen and oxygen atoms in total. The largest absolute Gasteiger partial charge is 0.477 e. The third-order valence-electron chi connectivity index (χ3n) is 15.6. The van der Waals surface area contributed by atoms with Gasteiger partial charge in [-0.25, -0.2) is 4.79 Å². The van der Waals surface area contributed by atoms with Crippen LogP contribution < -0.4 is 0 Å². The second-order valence-corrected chi connectivity index (χ2v) is 24.5. The molecule has 9 heteroatoms. The summed E-state index contributed by atoms with van der Waals surface area (Å²) < 4.78 is 22.9. The van der Waals surface area contributed by atoms with Gasteiger partial charge in [-0.15, -0.1) is 0 Å². The van der Waals surface area contributed by atoms with Crippen LogP contribution in [0.3, 0.4) is 0 Å². The standard InChI is InChI=1S/C67H131NO8/c1-6-8-10-12-14-16-18-20-22-23-24-25-26-27-28-29-30-31-32-33-34-35-36-37-38-39-40-41-42-43-44-46-48-50-52-54-56-58-65(70)76-63(62-75-67(66(71)72)73-60-59-68(3,4)5)61-74-64(69)57-55-53-51-49-47-45-21-19-17-15-13-11-9-7-2/h63,67H,6-62H2,1-5H3/p+1. The van der Waals surface area contributed by atoms with Crippen molar-refractivity contribution in [3.05, 3.63) is 0 Å². The maximum absolute atomic E-state index is 12.9. The summed E-state index contributed by atoms with van der Waals surface area (Å²) in [6.45, 7) is 4.95. The van der Waals surface area contributed by atoms with E-state index in [2.05, 4.69) is 13.8 Å². The van der Waals surface area contributed by atoms with Crippen LogP contribution in [-0.2, 0) is 33.3 Å². The highest BCUT2D eigenvalue weighted by Crippen LogP contribution is 2.19. The first-order valence-electron chi connectivity index (χ1n) is 33.7. The van der Waals surface area contributed by atoms with Gasteiger partial charge in [-0.3, -0.25) is 9.59 Å². The zero-order valence-corrected chi connectivity index (χ0v) is 51.7. The molecule has 0 aliphatic heterocycles. The number of rotatable bonds is 64. The molecule has 0 radical (unpaired) electrons. The summed E-state index contributed by atoms with van der Waals surface area (Å²) in [7, 11) is 5.99. The molecule has 1 N–H and O–H groups in total. The second kappa shape index (κ2) is 59.4. The van der Waals surface area contributed by atoms with Gasteiger partial charge in [-0.05, 0) is 12.8 Å². The molecule has 0 saturated carbocycles. The third-order valence-corrected chi connectivity index (χ3v) is 15.6. The number of carbonyl (C=O) groups is 3. The Kier molecular flexibility index (Phi) is 58.1. The fourth-order valence-electron chi connectivity index (χ4n) is 10.4. The molecular weight excluding hydrogens is 947 g/mol. The number of carbonyl (C=O) groups excluding carboxylic acids is 2. The van der Waals surface area contributed by atoms with Gasteiger partial charge in [0.15, 0.2) is 6.10 Å². The van der Waals surface area contributed by atoms with Crippen LogP contribution in [0.4, 0.5) is 0 Å². The van der Waals surface area contributed by atoms with Crippen molar-refractivity contribution in [3.63, 3.8) is 0 Å². The molecule has 0 amide bonds. The van der Waals surface area contributed by atoms with E-state index >= 15 is 0 Å². The fraction of sp³-hybridized carbons (Fsp3) is 0.955. The van der Waals surface area contributed by atoms with Gasteiger partial charge in [0.25, 0.3) is 6.29 Å². The Hall–Kier alpha value is -1.71. The molecule has 0 saturated heterocycles. The summed E-state index contributed by atoms with van der Waals surface area (Å²) in [4.78, 5) is 37.4. The number of hydrogen-bond donors (Lipinski definition) is 1. The molecular formula is C67H132NO8+. The summed E-state index contributed by atoms with van der Waals surface area (Å²) >= 11 is 0. The predicted octanol–water partition coefficient (Wildman–Crippen LogP) is 20.3. The van der Waals surface area contributed by atoms with E-state index in [1.165, 1.54) is 289 Å². The zero-order chi connectivity index (χ0) is 55.5. The molecule has 0 aliphatic carbocycles. The van der Waals surface area contributed by atoms with Gasteiger partial charge in [0.1, 0.15) is 13.2 Å².